The van der Waals surface area contributed by atoms with E-state index in [4.69, 9.17) is 0 Å². The molecule has 1 unspecified atom stereocenters. The first-order valence-electron chi connectivity index (χ1n) is 10.9. The molecular weight excluding hydrogens is 444 g/mol. The van der Waals surface area contributed by atoms with Gasteiger partial charge in [-0.1, -0.05) is 51.1 Å². The van der Waals surface area contributed by atoms with Crippen LogP contribution in [0.15, 0.2) is 46.7 Å². The molecule has 0 radical (unpaired) electrons. The van der Waals surface area contributed by atoms with Crippen molar-refractivity contribution in [2.24, 2.45) is 5.41 Å². The van der Waals surface area contributed by atoms with Gasteiger partial charge in [-0.3, -0.25) is 9.59 Å². The maximum atomic E-state index is 12.7. The molecule has 6 nitrogen and oxygen atoms in total. The highest BCUT2D eigenvalue weighted by Crippen LogP contribution is 2.22. The van der Waals surface area contributed by atoms with Crippen LogP contribution in [0.25, 0.3) is 0 Å². The van der Waals surface area contributed by atoms with Crippen LogP contribution < -0.4 is 10.6 Å². The fourth-order valence-electron chi connectivity index (χ4n) is 3.20. The Kier molecular flexibility index (Phi) is 9.46. The highest BCUT2D eigenvalue weighted by molar-refractivity contribution is 7.92. The molecule has 2 amide bonds. The quantitative estimate of drug-likeness (QED) is 0.506. The molecular formula is C24H34N2O4S2. The fraction of sp³-hybridized carbons (Fsp3) is 0.500. The summed E-state index contributed by atoms with van der Waals surface area (Å²) in [7, 11) is -3.34. The molecule has 0 saturated carbocycles. The van der Waals surface area contributed by atoms with Crippen LogP contribution in [0.5, 0.6) is 0 Å². The van der Waals surface area contributed by atoms with Crippen molar-refractivity contribution in [3.8, 4) is 0 Å². The van der Waals surface area contributed by atoms with Crippen LogP contribution >= 0.6 is 11.3 Å². The molecule has 0 aliphatic carbocycles. The Balaban J connectivity index is 1.95. The summed E-state index contributed by atoms with van der Waals surface area (Å²) in [5.41, 5.74) is 1.27. The van der Waals surface area contributed by atoms with Crippen LogP contribution in [0.3, 0.4) is 0 Å². The summed E-state index contributed by atoms with van der Waals surface area (Å²) in [6, 6.07) is 12.7. The zero-order chi connectivity index (χ0) is 23.8. The van der Waals surface area contributed by atoms with E-state index in [1.165, 1.54) is 6.07 Å². The summed E-state index contributed by atoms with van der Waals surface area (Å²) < 4.78 is 23.6. The molecule has 2 N–H and O–H groups in total. The van der Waals surface area contributed by atoms with E-state index in [9.17, 15) is 18.0 Å². The molecule has 1 aromatic carbocycles. The molecule has 176 valence electrons. The highest BCUT2D eigenvalue weighted by Gasteiger charge is 2.19. The zero-order valence-corrected chi connectivity index (χ0v) is 20.9. The summed E-state index contributed by atoms with van der Waals surface area (Å²) >= 11 is 0.972. The third-order valence-electron chi connectivity index (χ3n) is 4.98. The van der Waals surface area contributed by atoms with E-state index >= 15 is 0 Å². The molecule has 8 heteroatoms. The number of nitrogens with one attached hydrogen (secondary N) is 2. The van der Waals surface area contributed by atoms with E-state index in [0.717, 1.165) is 29.6 Å². The predicted octanol–water partition coefficient (Wildman–Crippen LogP) is 4.22. The highest BCUT2D eigenvalue weighted by atomic mass is 32.2. The van der Waals surface area contributed by atoms with E-state index in [1.54, 1.807) is 6.07 Å². The van der Waals surface area contributed by atoms with Crippen molar-refractivity contribution in [1.29, 1.82) is 0 Å². The lowest BCUT2D eigenvalue weighted by molar-refractivity contribution is -0.121. The lowest BCUT2D eigenvalue weighted by atomic mass is 9.92. The lowest BCUT2D eigenvalue weighted by Gasteiger charge is -2.19. The Labute approximate surface area is 195 Å². The van der Waals surface area contributed by atoms with Crippen LogP contribution in [0.2, 0.25) is 0 Å². The minimum absolute atomic E-state index is 0.0232. The number of sulfone groups is 1. The second-order valence-corrected chi connectivity index (χ2v) is 12.6. The number of carbonyl (C=O) groups excluding carboxylic acids is 2. The summed E-state index contributed by atoms with van der Waals surface area (Å²) in [5.74, 6) is -0.268. The molecule has 32 heavy (non-hydrogen) atoms. The molecule has 1 aromatic heterocycles. The second kappa shape index (κ2) is 11.6. The van der Waals surface area contributed by atoms with Crippen molar-refractivity contribution in [3.05, 3.63) is 52.9 Å². The van der Waals surface area contributed by atoms with Crippen molar-refractivity contribution in [2.75, 3.05) is 12.8 Å². The average Bonchev–Trinajstić information content (AvgIpc) is 3.18. The van der Waals surface area contributed by atoms with Crippen LogP contribution in [-0.2, 0) is 21.1 Å². The Bertz CT molecular complexity index is 993. The standard InChI is InChI=1S/C24H34N2O4S2/c1-24(2,3)15-16-25-21(27)12-8-11-19(17-18-9-6-5-7-10-18)26-23(28)20-13-14-22(31-20)32(4,29)30/h5-7,9-10,13-14,19H,8,11-12,15-17H2,1-4H3,(H,25,27)(H,26,28). The van der Waals surface area contributed by atoms with Gasteiger partial charge in [-0.15, -0.1) is 11.3 Å². The van der Waals surface area contributed by atoms with Crippen molar-refractivity contribution >= 4 is 33.0 Å². The van der Waals surface area contributed by atoms with Gasteiger partial charge >= 0.3 is 0 Å². The van der Waals surface area contributed by atoms with E-state index in [2.05, 4.69) is 31.4 Å². The molecule has 1 atom stereocenters. The first-order chi connectivity index (χ1) is 14.9. The van der Waals surface area contributed by atoms with Gasteiger partial charge in [0.25, 0.3) is 5.91 Å². The Hall–Kier alpha value is -2.19. The summed E-state index contributed by atoms with van der Waals surface area (Å²) in [4.78, 5) is 25.3. The number of rotatable bonds is 11. The van der Waals surface area contributed by atoms with E-state index in [0.29, 0.717) is 37.1 Å². The van der Waals surface area contributed by atoms with Crippen LogP contribution in [0, 0.1) is 5.41 Å². The second-order valence-electron chi connectivity index (χ2n) is 9.30. The maximum Gasteiger partial charge on any atom is 0.261 e. The average molecular weight is 479 g/mol. The van der Waals surface area contributed by atoms with Gasteiger partial charge in [0, 0.05) is 25.3 Å². The van der Waals surface area contributed by atoms with Gasteiger partial charge in [-0.2, -0.15) is 0 Å². The van der Waals surface area contributed by atoms with Gasteiger partial charge in [0.1, 0.15) is 4.21 Å². The number of amides is 2. The van der Waals surface area contributed by atoms with Gasteiger partial charge < -0.3 is 10.6 Å². The van der Waals surface area contributed by atoms with Crippen molar-refractivity contribution in [3.63, 3.8) is 0 Å². The van der Waals surface area contributed by atoms with Crippen LogP contribution in [0.1, 0.15) is 61.7 Å². The number of thiophene rings is 1. The molecule has 0 spiro atoms. The molecule has 0 saturated heterocycles. The van der Waals surface area contributed by atoms with Gasteiger partial charge in [0.2, 0.25) is 5.91 Å². The molecule has 2 aromatic rings. The number of carbonyl (C=O) groups is 2. The minimum Gasteiger partial charge on any atom is -0.356 e. The molecule has 0 bridgehead atoms. The smallest absolute Gasteiger partial charge is 0.261 e. The van der Waals surface area contributed by atoms with Gasteiger partial charge in [-0.25, -0.2) is 8.42 Å². The van der Waals surface area contributed by atoms with Gasteiger partial charge in [0.15, 0.2) is 9.84 Å². The van der Waals surface area contributed by atoms with E-state index < -0.39 is 9.84 Å². The van der Waals surface area contributed by atoms with E-state index in [1.807, 2.05) is 30.3 Å². The monoisotopic (exact) mass is 478 g/mol. The van der Waals surface area contributed by atoms with E-state index in [-0.39, 0.29) is 27.5 Å². The van der Waals surface area contributed by atoms with Crippen molar-refractivity contribution < 1.29 is 18.0 Å². The lowest BCUT2D eigenvalue weighted by Crippen LogP contribution is -2.36. The molecule has 0 aliphatic heterocycles. The first-order valence-corrected chi connectivity index (χ1v) is 13.6. The van der Waals surface area contributed by atoms with Gasteiger partial charge in [0.05, 0.1) is 4.88 Å². The number of hydrogen-bond donors (Lipinski definition) is 2. The molecule has 1 heterocycles. The Morgan fingerprint density at radius 2 is 1.75 bits per heavy atom. The fourth-order valence-corrected chi connectivity index (χ4v) is 5.03. The van der Waals surface area contributed by atoms with Crippen molar-refractivity contribution in [2.45, 2.75) is 63.1 Å². The molecule has 2 rings (SSSR count). The Morgan fingerprint density at radius 3 is 2.34 bits per heavy atom. The summed E-state index contributed by atoms with van der Waals surface area (Å²) in [6.45, 7) is 7.08. The van der Waals surface area contributed by atoms with Crippen LogP contribution in [0.4, 0.5) is 0 Å². The zero-order valence-electron chi connectivity index (χ0n) is 19.3. The molecule has 0 aliphatic rings. The van der Waals surface area contributed by atoms with Crippen LogP contribution in [-0.4, -0.2) is 39.1 Å². The largest absolute Gasteiger partial charge is 0.356 e. The third-order valence-corrected chi connectivity index (χ3v) is 7.89. The first kappa shape index (κ1) is 26.1. The summed E-state index contributed by atoms with van der Waals surface area (Å²) in [6.07, 6.45) is 4.40. The minimum atomic E-state index is -3.34. The van der Waals surface area contributed by atoms with Gasteiger partial charge in [-0.05, 0) is 48.8 Å². The number of hydrogen-bond acceptors (Lipinski definition) is 5. The Morgan fingerprint density at radius 1 is 1.06 bits per heavy atom. The predicted molar refractivity (Wildman–Crippen MR) is 130 cm³/mol. The number of benzene rings is 1. The maximum absolute atomic E-state index is 12.7. The third kappa shape index (κ3) is 9.53. The SMILES string of the molecule is CC(C)(C)CCNC(=O)CCCC(Cc1ccccc1)NC(=O)c1ccc(S(C)(=O)=O)s1. The normalized spacial score (nSPS) is 12.9. The summed E-state index contributed by atoms with van der Waals surface area (Å²) in [5, 5.41) is 5.99. The topological polar surface area (TPSA) is 92.3 Å². The van der Waals surface area contributed by atoms with Crippen molar-refractivity contribution in [1.82, 2.24) is 10.6 Å². The molecule has 0 fully saturated rings.